The second-order valence-corrected chi connectivity index (χ2v) is 7.12. The van der Waals surface area contributed by atoms with Crippen molar-refractivity contribution in [3.05, 3.63) is 81.1 Å². The molecule has 0 saturated heterocycles. The second-order valence-electron chi connectivity index (χ2n) is 6.71. The second kappa shape index (κ2) is 8.85. The van der Waals surface area contributed by atoms with Crippen molar-refractivity contribution in [2.24, 2.45) is 0 Å². The van der Waals surface area contributed by atoms with Crippen LogP contribution in [0.1, 0.15) is 24.0 Å². The number of nitrogens with zero attached hydrogens (tertiary/aromatic N) is 2. The van der Waals surface area contributed by atoms with Gasteiger partial charge in [-0.1, -0.05) is 47.5 Å². The first-order valence-electron chi connectivity index (χ1n) is 9.14. The van der Waals surface area contributed by atoms with Crippen molar-refractivity contribution in [1.82, 2.24) is 9.78 Å². The van der Waals surface area contributed by atoms with Crippen molar-refractivity contribution in [2.45, 2.75) is 33.2 Å². The number of hydrogen-bond donors (Lipinski definition) is 1. The van der Waals surface area contributed by atoms with Gasteiger partial charge in [0.25, 0.3) is 5.56 Å². The molecule has 0 atom stereocenters. The van der Waals surface area contributed by atoms with Crippen LogP contribution in [0.2, 0.25) is 5.02 Å². The number of rotatable bonds is 6. The van der Waals surface area contributed by atoms with Gasteiger partial charge >= 0.3 is 0 Å². The smallest absolute Gasteiger partial charge is 0.266 e. The molecule has 0 aliphatic heterocycles. The molecule has 0 fully saturated rings. The Labute approximate surface area is 169 Å². The Hall–Kier alpha value is -2.92. The Morgan fingerprint density at radius 2 is 1.82 bits per heavy atom. The normalized spacial score (nSPS) is 10.7. The molecular weight excluding hydrogens is 374 g/mol. The number of halogens is 1. The number of benzene rings is 2. The molecule has 1 aromatic heterocycles. The van der Waals surface area contributed by atoms with Crippen LogP contribution in [0.5, 0.6) is 0 Å². The highest BCUT2D eigenvalue weighted by Crippen LogP contribution is 2.23. The van der Waals surface area contributed by atoms with E-state index in [1.165, 1.54) is 10.7 Å². The maximum Gasteiger partial charge on any atom is 0.266 e. The van der Waals surface area contributed by atoms with E-state index in [-0.39, 0.29) is 17.9 Å². The van der Waals surface area contributed by atoms with Crippen molar-refractivity contribution in [3.63, 3.8) is 0 Å². The molecule has 5 nitrogen and oxygen atoms in total. The standard InChI is InChI=1S/C22H22ClN3O2/c1-15-8-10-17(11-9-15)20-12-13-22(28)26(25-20)14-4-7-21(27)24-19-6-3-5-18(23)16(19)2/h3,5-6,8-13H,4,7,14H2,1-2H3,(H,24,27). The lowest BCUT2D eigenvalue weighted by Crippen LogP contribution is -2.23. The molecule has 0 spiro atoms. The molecule has 3 aromatic rings. The minimum atomic E-state index is -0.179. The zero-order valence-corrected chi connectivity index (χ0v) is 16.7. The number of anilines is 1. The van der Waals surface area contributed by atoms with Crippen LogP contribution in [-0.4, -0.2) is 15.7 Å². The van der Waals surface area contributed by atoms with Gasteiger partial charge in [0.15, 0.2) is 0 Å². The summed E-state index contributed by atoms with van der Waals surface area (Å²) in [5, 5.41) is 7.91. The summed E-state index contributed by atoms with van der Waals surface area (Å²) in [5.74, 6) is -0.117. The molecular formula is C22H22ClN3O2. The minimum absolute atomic E-state index is 0.117. The summed E-state index contributed by atoms with van der Waals surface area (Å²) in [4.78, 5) is 24.3. The molecule has 28 heavy (non-hydrogen) atoms. The molecule has 6 heteroatoms. The SMILES string of the molecule is Cc1ccc(-c2ccc(=O)n(CCCC(=O)Nc3cccc(Cl)c3C)n2)cc1. The van der Waals surface area contributed by atoms with Crippen LogP contribution in [0.4, 0.5) is 5.69 Å². The third-order valence-corrected chi connectivity index (χ3v) is 4.94. The van der Waals surface area contributed by atoms with Gasteiger partial charge in [0.2, 0.25) is 5.91 Å². The van der Waals surface area contributed by atoms with Crippen molar-refractivity contribution >= 4 is 23.2 Å². The topological polar surface area (TPSA) is 64.0 Å². The molecule has 1 amide bonds. The van der Waals surface area contributed by atoms with Crippen molar-refractivity contribution in [3.8, 4) is 11.3 Å². The molecule has 144 valence electrons. The van der Waals surface area contributed by atoms with E-state index >= 15 is 0 Å². The average molecular weight is 396 g/mol. The van der Waals surface area contributed by atoms with Gasteiger partial charge in [-0.3, -0.25) is 9.59 Å². The predicted octanol–water partition coefficient (Wildman–Crippen LogP) is 4.60. The number of nitrogens with one attached hydrogen (secondary N) is 1. The fourth-order valence-corrected chi connectivity index (χ4v) is 3.01. The highest BCUT2D eigenvalue weighted by atomic mass is 35.5. The van der Waals surface area contributed by atoms with E-state index in [1.54, 1.807) is 18.2 Å². The molecule has 0 radical (unpaired) electrons. The van der Waals surface area contributed by atoms with Crippen LogP contribution < -0.4 is 10.9 Å². The zero-order chi connectivity index (χ0) is 20.1. The van der Waals surface area contributed by atoms with Gasteiger partial charge in [0.05, 0.1) is 5.69 Å². The number of aryl methyl sites for hydroxylation is 2. The largest absolute Gasteiger partial charge is 0.326 e. The molecule has 0 bridgehead atoms. The van der Waals surface area contributed by atoms with Crippen molar-refractivity contribution in [1.29, 1.82) is 0 Å². The number of hydrogen-bond acceptors (Lipinski definition) is 3. The molecule has 0 aliphatic carbocycles. The Morgan fingerprint density at radius 1 is 1.07 bits per heavy atom. The van der Waals surface area contributed by atoms with Gasteiger partial charge in [-0.05, 0) is 44.0 Å². The molecule has 1 heterocycles. The Kier molecular flexibility index (Phi) is 6.26. The van der Waals surface area contributed by atoms with Crippen LogP contribution in [0, 0.1) is 13.8 Å². The Bertz CT molecular complexity index is 1040. The van der Waals surface area contributed by atoms with Crippen LogP contribution in [0.3, 0.4) is 0 Å². The summed E-state index contributed by atoms with van der Waals surface area (Å²) < 4.78 is 1.41. The van der Waals surface area contributed by atoms with E-state index in [0.29, 0.717) is 23.7 Å². The molecule has 0 unspecified atom stereocenters. The first-order valence-corrected chi connectivity index (χ1v) is 9.52. The van der Waals surface area contributed by atoms with Gasteiger partial charge in [-0.2, -0.15) is 5.10 Å². The Morgan fingerprint density at radius 3 is 2.57 bits per heavy atom. The average Bonchev–Trinajstić information content (AvgIpc) is 2.68. The van der Waals surface area contributed by atoms with E-state index in [1.807, 2.05) is 44.2 Å². The predicted molar refractivity (Wildman–Crippen MR) is 113 cm³/mol. The number of amides is 1. The molecule has 1 N–H and O–H groups in total. The Balaban J connectivity index is 1.62. The van der Waals surface area contributed by atoms with E-state index in [2.05, 4.69) is 10.4 Å². The summed E-state index contributed by atoms with van der Waals surface area (Å²) in [6.07, 6.45) is 0.796. The lowest BCUT2D eigenvalue weighted by molar-refractivity contribution is -0.116. The van der Waals surface area contributed by atoms with E-state index in [9.17, 15) is 9.59 Å². The van der Waals surface area contributed by atoms with E-state index in [0.717, 1.165) is 22.4 Å². The summed E-state index contributed by atoms with van der Waals surface area (Å²) >= 11 is 6.08. The minimum Gasteiger partial charge on any atom is -0.326 e. The number of carbonyl (C=O) groups is 1. The molecule has 0 saturated carbocycles. The molecule has 2 aromatic carbocycles. The van der Waals surface area contributed by atoms with Crippen LogP contribution in [0.15, 0.2) is 59.4 Å². The highest BCUT2D eigenvalue weighted by Gasteiger charge is 2.08. The summed E-state index contributed by atoms with van der Waals surface area (Å²) in [7, 11) is 0. The summed E-state index contributed by atoms with van der Waals surface area (Å²) in [6.45, 7) is 4.26. The number of aromatic nitrogens is 2. The maximum absolute atomic E-state index is 12.2. The van der Waals surface area contributed by atoms with Crippen LogP contribution in [-0.2, 0) is 11.3 Å². The van der Waals surface area contributed by atoms with E-state index < -0.39 is 0 Å². The van der Waals surface area contributed by atoms with Crippen LogP contribution in [0.25, 0.3) is 11.3 Å². The third kappa shape index (κ3) is 4.87. The molecule has 0 aliphatic rings. The molecule has 3 rings (SSSR count). The highest BCUT2D eigenvalue weighted by molar-refractivity contribution is 6.31. The maximum atomic E-state index is 12.2. The first kappa shape index (κ1) is 19.8. The van der Waals surface area contributed by atoms with Gasteiger partial charge in [0, 0.05) is 35.3 Å². The lowest BCUT2D eigenvalue weighted by atomic mass is 10.1. The fraction of sp³-hybridized carbons (Fsp3) is 0.227. The summed E-state index contributed by atoms with van der Waals surface area (Å²) in [5.41, 5.74) is 4.21. The monoisotopic (exact) mass is 395 g/mol. The van der Waals surface area contributed by atoms with E-state index in [4.69, 9.17) is 11.6 Å². The van der Waals surface area contributed by atoms with Gasteiger partial charge in [-0.25, -0.2) is 4.68 Å². The van der Waals surface area contributed by atoms with Crippen LogP contribution >= 0.6 is 11.6 Å². The van der Waals surface area contributed by atoms with Gasteiger partial charge in [-0.15, -0.1) is 0 Å². The van der Waals surface area contributed by atoms with Gasteiger partial charge in [0.1, 0.15) is 0 Å². The lowest BCUT2D eigenvalue weighted by Gasteiger charge is -2.10. The van der Waals surface area contributed by atoms with Crippen molar-refractivity contribution < 1.29 is 4.79 Å². The third-order valence-electron chi connectivity index (χ3n) is 4.53. The quantitative estimate of drug-likeness (QED) is 0.663. The fourth-order valence-electron chi connectivity index (χ4n) is 2.83. The number of carbonyl (C=O) groups excluding carboxylic acids is 1. The van der Waals surface area contributed by atoms with Crippen molar-refractivity contribution in [2.75, 3.05) is 5.32 Å². The first-order chi connectivity index (χ1) is 13.4. The zero-order valence-electron chi connectivity index (χ0n) is 15.9. The van der Waals surface area contributed by atoms with Gasteiger partial charge < -0.3 is 5.32 Å². The summed E-state index contributed by atoms with van der Waals surface area (Å²) in [6, 6.07) is 16.6.